The van der Waals surface area contributed by atoms with E-state index >= 15 is 0 Å². The van der Waals surface area contributed by atoms with E-state index < -0.39 is 0 Å². The highest BCUT2D eigenvalue weighted by atomic mass is 16.2. The van der Waals surface area contributed by atoms with Crippen molar-refractivity contribution in [1.82, 2.24) is 14.8 Å². The summed E-state index contributed by atoms with van der Waals surface area (Å²) in [7, 11) is 0. The fourth-order valence-corrected chi connectivity index (χ4v) is 6.14. The number of nitrogens with zero attached hydrogens (tertiary/aromatic N) is 2. The van der Waals surface area contributed by atoms with Crippen LogP contribution in [0.3, 0.4) is 0 Å². The number of para-hydroxylation sites is 1. The van der Waals surface area contributed by atoms with Crippen LogP contribution in [0.15, 0.2) is 54.6 Å². The van der Waals surface area contributed by atoms with Gasteiger partial charge in [-0.05, 0) is 56.7 Å². The van der Waals surface area contributed by atoms with E-state index in [0.29, 0.717) is 30.5 Å². The number of nitrogens with one attached hydrogen (secondary N) is 1. The molecule has 1 amide bonds. The number of benzene rings is 2. The lowest BCUT2D eigenvalue weighted by atomic mass is 9.95. The minimum Gasteiger partial charge on any atom is -0.344 e. The van der Waals surface area contributed by atoms with Crippen LogP contribution in [0.2, 0.25) is 0 Å². The maximum atomic E-state index is 13.6. The standard InChI is InChI=1S/C29H37N3O/c1-21-22(2)31(27-15-9-8-13-25(21)27)18-16-29(33)32-17-10-4-7-14-26-28(32)20-24(30-26)19-23-11-5-3-6-12-23/h3,5-6,8-9,11-13,15,24,26,28,30H,4,7,10,14,16-20H2,1-2H3/t24-,26-,28+/m0/s1. The Balaban J connectivity index is 1.30. The van der Waals surface area contributed by atoms with Crippen molar-refractivity contribution >= 4 is 16.8 Å². The Hall–Kier alpha value is -2.59. The van der Waals surface area contributed by atoms with Crippen molar-refractivity contribution in [2.75, 3.05) is 6.54 Å². The fourth-order valence-electron chi connectivity index (χ4n) is 6.14. The maximum Gasteiger partial charge on any atom is 0.224 e. The number of hydrogen-bond acceptors (Lipinski definition) is 2. The second-order valence-corrected chi connectivity index (χ2v) is 10.0. The van der Waals surface area contributed by atoms with E-state index in [9.17, 15) is 4.79 Å². The monoisotopic (exact) mass is 443 g/mol. The topological polar surface area (TPSA) is 37.3 Å². The third kappa shape index (κ3) is 4.59. The van der Waals surface area contributed by atoms with Gasteiger partial charge in [-0.2, -0.15) is 0 Å². The van der Waals surface area contributed by atoms with Gasteiger partial charge in [0.05, 0.1) is 0 Å². The molecule has 2 fully saturated rings. The van der Waals surface area contributed by atoms with Gasteiger partial charge in [0.2, 0.25) is 5.91 Å². The van der Waals surface area contributed by atoms with E-state index in [1.807, 2.05) is 0 Å². The summed E-state index contributed by atoms with van der Waals surface area (Å²) in [6.07, 6.45) is 7.48. The largest absolute Gasteiger partial charge is 0.344 e. The summed E-state index contributed by atoms with van der Waals surface area (Å²) in [5.41, 5.74) is 5.23. The van der Waals surface area contributed by atoms with E-state index in [2.05, 4.69) is 83.2 Å². The van der Waals surface area contributed by atoms with Gasteiger partial charge in [-0.1, -0.05) is 61.4 Å². The van der Waals surface area contributed by atoms with Gasteiger partial charge in [0.25, 0.3) is 0 Å². The number of carbonyl (C=O) groups excluding carboxylic acids is 1. The van der Waals surface area contributed by atoms with Gasteiger partial charge >= 0.3 is 0 Å². The molecule has 4 heteroatoms. The fraction of sp³-hybridized carbons (Fsp3) is 0.483. The summed E-state index contributed by atoms with van der Waals surface area (Å²) >= 11 is 0. The molecule has 3 atom stereocenters. The van der Waals surface area contributed by atoms with Crippen LogP contribution in [-0.2, 0) is 17.8 Å². The number of aromatic nitrogens is 1. The number of rotatable bonds is 5. The molecule has 0 saturated carbocycles. The highest BCUT2D eigenvalue weighted by molar-refractivity contribution is 5.85. The summed E-state index contributed by atoms with van der Waals surface area (Å²) < 4.78 is 2.34. The number of aryl methyl sites for hydroxylation is 2. The number of hydrogen-bond donors (Lipinski definition) is 1. The Labute approximate surface area is 198 Å². The van der Waals surface area contributed by atoms with E-state index in [4.69, 9.17) is 0 Å². The minimum atomic E-state index is 0.323. The molecule has 0 spiro atoms. The third-order valence-corrected chi connectivity index (χ3v) is 8.00. The highest BCUT2D eigenvalue weighted by Crippen LogP contribution is 2.29. The zero-order valence-electron chi connectivity index (χ0n) is 20.1. The second-order valence-electron chi connectivity index (χ2n) is 10.0. The van der Waals surface area contributed by atoms with Crippen LogP contribution >= 0.6 is 0 Å². The van der Waals surface area contributed by atoms with Crippen molar-refractivity contribution in [3.63, 3.8) is 0 Å². The van der Waals surface area contributed by atoms with E-state index in [1.54, 1.807) is 0 Å². The maximum absolute atomic E-state index is 13.6. The molecular weight excluding hydrogens is 406 g/mol. The third-order valence-electron chi connectivity index (χ3n) is 8.00. The van der Waals surface area contributed by atoms with Gasteiger partial charge in [0, 0.05) is 54.2 Å². The molecule has 2 aliphatic rings. The van der Waals surface area contributed by atoms with Gasteiger partial charge < -0.3 is 14.8 Å². The first kappa shape index (κ1) is 22.2. The van der Waals surface area contributed by atoms with E-state index in [-0.39, 0.29) is 0 Å². The average molecular weight is 444 g/mol. The molecule has 3 heterocycles. The molecule has 33 heavy (non-hydrogen) atoms. The first-order valence-corrected chi connectivity index (χ1v) is 12.8. The molecule has 2 aromatic carbocycles. The Morgan fingerprint density at radius 1 is 1.00 bits per heavy atom. The molecule has 1 aromatic heterocycles. The first-order chi connectivity index (χ1) is 16.1. The molecule has 0 aliphatic carbocycles. The Bertz CT molecular complexity index is 1100. The van der Waals surface area contributed by atoms with Crippen molar-refractivity contribution < 1.29 is 4.79 Å². The lowest BCUT2D eigenvalue weighted by Crippen LogP contribution is -2.48. The molecule has 1 N–H and O–H groups in total. The van der Waals surface area contributed by atoms with Crippen molar-refractivity contribution in [2.45, 2.75) is 83.5 Å². The first-order valence-electron chi connectivity index (χ1n) is 12.8. The second kappa shape index (κ2) is 9.72. The summed E-state index contributed by atoms with van der Waals surface area (Å²) in [5, 5.41) is 5.21. The SMILES string of the molecule is Cc1c(C)n(CCC(=O)N2CCCCC[C@@H]3N[C@@H](Cc4ccccc4)C[C@H]32)c2ccccc12. The van der Waals surface area contributed by atoms with Crippen LogP contribution in [0, 0.1) is 13.8 Å². The molecule has 0 unspecified atom stereocenters. The van der Waals surface area contributed by atoms with E-state index in [1.165, 1.54) is 47.0 Å². The lowest BCUT2D eigenvalue weighted by molar-refractivity contribution is -0.134. The van der Waals surface area contributed by atoms with Crippen molar-refractivity contribution in [3.05, 3.63) is 71.4 Å². The molecule has 5 rings (SSSR count). The molecule has 2 aliphatic heterocycles. The van der Waals surface area contributed by atoms with Crippen LogP contribution in [0.5, 0.6) is 0 Å². The molecule has 174 valence electrons. The van der Waals surface area contributed by atoms with Crippen molar-refractivity contribution in [2.24, 2.45) is 0 Å². The van der Waals surface area contributed by atoms with Gasteiger partial charge in [-0.25, -0.2) is 0 Å². The molecule has 0 radical (unpaired) electrons. The van der Waals surface area contributed by atoms with Crippen LogP contribution in [0.4, 0.5) is 0 Å². The van der Waals surface area contributed by atoms with E-state index in [0.717, 1.165) is 32.4 Å². The number of amides is 1. The normalized spacial score (nSPS) is 23.3. The molecule has 3 aromatic rings. The minimum absolute atomic E-state index is 0.323. The average Bonchev–Trinajstić information content (AvgIpc) is 3.31. The predicted octanol–water partition coefficient (Wildman–Crippen LogP) is 5.39. The number of likely N-dealkylation sites (tertiary alicyclic amines) is 1. The summed E-state index contributed by atoms with van der Waals surface area (Å²) in [6.45, 7) is 6.04. The molecule has 4 nitrogen and oxygen atoms in total. The van der Waals surface area contributed by atoms with Gasteiger partial charge in [-0.15, -0.1) is 0 Å². The molecular formula is C29H37N3O. The van der Waals surface area contributed by atoms with Crippen LogP contribution in [0.1, 0.15) is 55.3 Å². The quantitative estimate of drug-likeness (QED) is 0.574. The Kier molecular flexibility index (Phi) is 6.55. The smallest absolute Gasteiger partial charge is 0.224 e. The molecule has 0 bridgehead atoms. The number of fused-ring (bicyclic) bond motifs is 2. The molecule has 2 saturated heterocycles. The number of carbonyl (C=O) groups is 1. The summed E-state index contributed by atoms with van der Waals surface area (Å²) in [4.78, 5) is 15.8. The predicted molar refractivity (Wildman–Crippen MR) is 135 cm³/mol. The van der Waals surface area contributed by atoms with Crippen LogP contribution in [0.25, 0.3) is 10.9 Å². The summed E-state index contributed by atoms with van der Waals surface area (Å²) in [5.74, 6) is 0.323. The van der Waals surface area contributed by atoms with Gasteiger partial charge in [0.1, 0.15) is 0 Å². The lowest BCUT2D eigenvalue weighted by Gasteiger charge is -2.35. The van der Waals surface area contributed by atoms with Gasteiger partial charge in [-0.3, -0.25) is 4.79 Å². The zero-order valence-corrected chi connectivity index (χ0v) is 20.1. The van der Waals surface area contributed by atoms with Crippen molar-refractivity contribution in [3.8, 4) is 0 Å². The Morgan fingerprint density at radius 2 is 1.79 bits per heavy atom. The highest BCUT2D eigenvalue weighted by Gasteiger charge is 2.39. The van der Waals surface area contributed by atoms with Crippen LogP contribution in [-0.4, -0.2) is 40.0 Å². The zero-order chi connectivity index (χ0) is 22.8. The summed E-state index contributed by atoms with van der Waals surface area (Å²) in [6, 6.07) is 20.5. The van der Waals surface area contributed by atoms with Crippen LogP contribution < -0.4 is 5.32 Å². The van der Waals surface area contributed by atoms with Gasteiger partial charge in [0.15, 0.2) is 0 Å². The Morgan fingerprint density at radius 3 is 2.64 bits per heavy atom. The van der Waals surface area contributed by atoms with Crippen molar-refractivity contribution in [1.29, 1.82) is 0 Å².